The molecule has 0 aromatic heterocycles. The standard InChI is InChI=1S/C16H18ClNO4S/c1-10-8-16(11(2)7-13(10)17)23(19,20)18-14-9-12(21-3)5-6-15(14)22-4/h5-9,18H,1-4H3. The summed E-state index contributed by atoms with van der Waals surface area (Å²) in [7, 11) is -0.809. The molecular weight excluding hydrogens is 338 g/mol. The van der Waals surface area contributed by atoms with Crippen LogP contribution in [0.2, 0.25) is 5.02 Å². The van der Waals surface area contributed by atoms with Crippen LogP contribution in [0.25, 0.3) is 0 Å². The average Bonchev–Trinajstić information content (AvgIpc) is 2.50. The van der Waals surface area contributed by atoms with E-state index in [9.17, 15) is 8.42 Å². The number of benzene rings is 2. The van der Waals surface area contributed by atoms with Crippen molar-refractivity contribution in [1.82, 2.24) is 0 Å². The Hall–Kier alpha value is -1.92. The zero-order chi connectivity index (χ0) is 17.2. The highest BCUT2D eigenvalue weighted by atomic mass is 35.5. The monoisotopic (exact) mass is 355 g/mol. The van der Waals surface area contributed by atoms with E-state index in [1.165, 1.54) is 14.2 Å². The highest BCUT2D eigenvalue weighted by molar-refractivity contribution is 7.92. The van der Waals surface area contributed by atoms with E-state index in [0.29, 0.717) is 33.3 Å². The largest absolute Gasteiger partial charge is 0.497 e. The van der Waals surface area contributed by atoms with E-state index >= 15 is 0 Å². The third-order valence-electron chi connectivity index (χ3n) is 3.40. The second kappa shape index (κ2) is 6.68. The van der Waals surface area contributed by atoms with Crippen LogP contribution in [0.4, 0.5) is 5.69 Å². The first-order valence-electron chi connectivity index (χ1n) is 6.80. The molecule has 0 aliphatic carbocycles. The molecule has 5 nitrogen and oxygen atoms in total. The molecule has 0 atom stereocenters. The van der Waals surface area contributed by atoms with Crippen molar-refractivity contribution < 1.29 is 17.9 Å². The molecule has 0 heterocycles. The molecule has 0 aliphatic rings. The topological polar surface area (TPSA) is 64.6 Å². The van der Waals surface area contributed by atoms with Gasteiger partial charge in [-0.2, -0.15) is 0 Å². The zero-order valence-electron chi connectivity index (χ0n) is 13.3. The van der Waals surface area contributed by atoms with E-state index < -0.39 is 10.0 Å². The van der Waals surface area contributed by atoms with Crippen LogP contribution in [0.15, 0.2) is 35.2 Å². The van der Waals surface area contributed by atoms with Gasteiger partial charge in [0.2, 0.25) is 0 Å². The number of hydrogen-bond acceptors (Lipinski definition) is 4. The molecule has 0 aliphatic heterocycles. The van der Waals surface area contributed by atoms with Gasteiger partial charge in [0.1, 0.15) is 11.5 Å². The van der Waals surface area contributed by atoms with E-state index in [0.717, 1.165) is 0 Å². The second-order valence-corrected chi connectivity index (χ2v) is 7.10. The molecule has 2 aromatic rings. The van der Waals surface area contributed by atoms with Gasteiger partial charge in [0, 0.05) is 11.1 Å². The Labute approximate surface area is 141 Å². The van der Waals surface area contributed by atoms with Gasteiger partial charge >= 0.3 is 0 Å². The predicted octanol–water partition coefficient (Wildman–Crippen LogP) is 3.77. The number of ether oxygens (including phenoxy) is 2. The van der Waals surface area contributed by atoms with Gasteiger partial charge in [0.25, 0.3) is 10.0 Å². The van der Waals surface area contributed by atoms with Gasteiger partial charge in [0.15, 0.2) is 0 Å². The first kappa shape index (κ1) is 17.4. The number of halogens is 1. The van der Waals surface area contributed by atoms with E-state index in [4.69, 9.17) is 21.1 Å². The molecule has 0 unspecified atom stereocenters. The van der Waals surface area contributed by atoms with Crippen molar-refractivity contribution in [3.05, 3.63) is 46.5 Å². The van der Waals surface area contributed by atoms with Gasteiger partial charge in [-0.15, -0.1) is 0 Å². The number of methoxy groups -OCH3 is 2. The van der Waals surface area contributed by atoms with Crippen LogP contribution >= 0.6 is 11.6 Å². The lowest BCUT2D eigenvalue weighted by atomic mass is 10.2. The Morgan fingerprint density at radius 2 is 1.70 bits per heavy atom. The minimum Gasteiger partial charge on any atom is -0.497 e. The van der Waals surface area contributed by atoms with E-state index in [-0.39, 0.29) is 4.90 Å². The Kier molecular flexibility index (Phi) is 5.06. The number of aryl methyl sites for hydroxylation is 2. The fourth-order valence-electron chi connectivity index (χ4n) is 2.14. The van der Waals surface area contributed by atoms with Crippen molar-refractivity contribution in [3.63, 3.8) is 0 Å². The van der Waals surface area contributed by atoms with Crippen molar-refractivity contribution >= 4 is 27.3 Å². The molecule has 23 heavy (non-hydrogen) atoms. The smallest absolute Gasteiger partial charge is 0.262 e. The Balaban J connectivity index is 2.49. The number of hydrogen-bond donors (Lipinski definition) is 1. The minimum absolute atomic E-state index is 0.171. The molecule has 0 fully saturated rings. The highest BCUT2D eigenvalue weighted by Crippen LogP contribution is 2.32. The third kappa shape index (κ3) is 3.71. The van der Waals surface area contributed by atoms with Crippen LogP contribution in [0.3, 0.4) is 0 Å². The first-order valence-corrected chi connectivity index (χ1v) is 8.66. The summed E-state index contributed by atoms with van der Waals surface area (Å²) in [5, 5.41) is 0.528. The van der Waals surface area contributed by atoms with Crippen LogP contribution in [0, 0.1) is 13.8 Å². The molecule has 0 radical (unpaired) electrons. The van der Waals surface area contributed by atoms with Crippen LogP contribution in [0.1, 0.15) is 11.1 Å². The lowest BCUT2D eigenvalue weighted by molar-refractivity contribution is 0.405. The van der Waals surface area contributed by atoms with Crippen molar-refractivity contribution in [2.45, 2.75) is 18.7 Å². The van der Waals surface area contributed by atoms with Crippen molar-refractivity contribution in [2.75, 3.05) is 18.9 Å². The van der Waals surface area contributed by atoms with Crippen molar-refractivity contribution in [2.24, 2.45) is 0 Å². The van der Waals surface area contributed by atoms with E-state index in [1.807, 2.05) is 0 Å². The number of rotatable bonds is 5. The number of sulfonamides is 1. The normalized spacial score (nSPS) is 11.2. The van der Waals surface area contributed by atoms with Gasteiger partial charge in [0.05, 0.1) is 24.8 Å². The summed E-state index contributed by atoms with van der Waals surface area (Å²) in [6, 6.07) is 8.07. The second-order valence-electron chi connectivity index (χ2n) is 5.04. The molecule has 0 spiro atoms. The molecule has 7 heteroatoms. The van der Waals surface area contributed by atoms with Gasteiger partial charge in [-0.1, -0.05) is 11.6 Å². The fraction of sp³-hybridized carbons (Fsp3) is 0.250. The van der Waals surface area contributed by atoms with Crippen molar-refractivity contribution in [1.29, 1.82) is 0 Å². The molecule has 1 N–H and O–H groups in total. The van der Waals surface area contributed by atoms with E-state index in [2.05, 4.69) is 4.72 Å². The molecule has 0 saturated heterocycles. The average molecular weight is 356 g/mol. The maximum absolute atomic E-state index is 12.7. The van der Waals surface area contributed by atoms with Gasteiger partial charge in [-0.05, 0) is 49.2 Å². The van der Waals surface area contributed by atoms with Crippen LogP contribution in [-0.2, 0) is 10.0 Å². The van der Waals surface area contributed by atoms with Crippen LogP contribution in [-0.4, -0.2) is 22.6 Å². The third-order valence-corrected chi connectivity index (χ3v) is 5.31. The summed E-state index contributed by atoms with van der Waals surface area (Å²) in [5.41, 5.74) is 1.56. The number of anilines is 1. The summed E-state index contributed by atoms with van der Waals surface area (Å²) in [4.78, 5) is 0.171. The fourth-order valence-corrected chi connectivity index (χ4v) is 3.73. The van der Waals surface area contributed by atoms with Crippen LogP contribution in [0.5, 0.6) is 11.5 Å². The summed E-state index contributed by atoms with van der Waals surface area (Å²) in [6.07, 6.45) is 0. The Bertz CT molecular complexity index is 834. The lowest BCUT2D eigenvalue weighted by Gasteiger charge is -2.15. The molecule has 0 bridgehead atoms. The van der Waals surface area contributed by atoms with Crippen molar-refractivity contribution in [3.8, 4) is 11.5 Å². The Morgan fingerprint density at radius 3 is 2.30 bits per heavy atom. The van der Waals surface area contributed by atoms with Gasteiger partial charge < -0.3 is 9.47 Å². The summed E-state index contributed by atoms with van der Waals surface area (Å²) >= 11 is 6.03. The van der Waals surface area contributed by atoms with Gasteiger partial charge in [-0.3, -0.25) is 4.72 Å². The summed E-state index contributed by atoms with van der Waals surface area (Å²) < 4.78 is 38.3. The maximum Gasteiger partial charge on any atom is 0.262 e. The molecule has 2 rings (SSSR count). The lowest BCUT2D eigenvalue weighted by Crippen LogP contribution is -2.15. The highest BCUT2D eigenvalue weighted by Gasteiger charge is 2.20. The predicted molar refractivity (Wildman–Crippen MR) is 91.3 cm³/mol. The summed E-state index contributed by atoms with van der Waals surface area (Å²) in [6.45, 7) is 3.45. The van der Waals surface area contributed by atoms with E-state index in [1.54, 1.807) is 44.2 Å². The molecule has 2 aromatic carbocycles. The molecule has 0 amide bonds. The first-order chi connectivity index (χ1) is 10.8. The summed E-state index contributed by atoms with van der Waals surface area (Å²) in [5.74, 6) is 0.922. The quantitative estimate of drug-likeness (QED) is 0.886. The Morgan fingerprint density at radius 1 is 1.00 bits per heavy atom. The maximum atomic E-state index is 12.7. The SMILES string of the molecule is COc1ccc(OC)c(NS(=O)(=O)c2cc(C)c(Cl)cc2C)c1. The molecular formula is C16H18ClNO4S. The zero-order valence-corrected chi connectivity index (χ0v) is 14.9. The van der Waals surface area contributed by atoms with Crippen LogP contribution < -0.4 is 14.2 Å². The van der Waals surface area contributed by atoms with Gasteiger partial charge in [-0.25, -0.2) is 8.42 Å². The minimum atomic E-state index is -3.79. The molecule has 124 valence electrons. The molecule has 0 saturated carbocycles. The number of nitrogens with one attached hydrogen (secondary N) is 1.